The lowest BCUT2D eigenvalue weighted by Crippen LogP contribution is -2.29. The molecule has 1 fully saturated rings. The molecule has 0 atom stereocenters. The average molecular weight is 338 g/mol. The zero-order valence-electron chi connectivity index (χ0n) is 14.4. The van der Waals surface area contributed by atoms with Crippen molar-refractivity contribution >= 4 is 22.1 Å². The van der Waals surface area contributed by atoms with Crippen LogP contribution in [0.25, 0.3) is 26.7 Å². The first-order valence-electron chi connectivity index (χ1n) is 8.85. The summed E-state index contributed by atoms with van der Waals surface area (Å²) in [4.78, 5) is 9.99. The van der Waals surface area contributed by atoms with Crippen molar-refractivity contribution in [1.29, 1.82) is 5.26 Å². The van der Waals surface area contributed by atoms with Crippen LogP contribution in [0, 0.1) is 17.9 Å². The van der Waals surface area contributed by atoms with Crippen LogP contribution in [0.3, 0.4) is 0 Å². The fourth-order valence-electron chi connectivity index (χ4n) is 3.66. The van der Waals surface area contributed by atoms with E-state index in [2.05, 4.69) is 51.1 Å². The van der Waals surface area contributed by atoms with Crippen LogP contribution in [0.15, 0.2) is 48.8 Å². The normalized spacial score (nSPS) is 14.0. The summed E-state index contributed by atoms with van der Waals surface area (Å²) in [5.41, 5.74) is 3.66. The number of benzene rings is 2. The van der Waals surface area contributed by atoms with E-state index in [0.29, 0.717) is 16.8 Å². The molecule has 3 aromatic rings. The minimum Gasteiger partial charge on any atom is -0.372 e. The molecule has 1 saturated heterocycles. The number of nitriles is 1. The highest BCUT2D eigenvalue weighted by Crippen LogP contribution is 2.35. The summed E-state index contributed by atoms with van der Waals surface area (Å²) in [7, 11) is 0. The average Bonchev–Trinajstić information content (AvgIpc) is 2.73. The third kappa shape index (κ3) is 2.87. The number of fused-ring (bicyclic) bond motifs is 1. The maximum absolute atomic E-state index is 9.40. The number of rotatable bonds is 2. The summed E-state index contributed by atoms with van der Waals surface area (Å²) in [5, 5.41) is 11.7. The summed E-state index contributed by atoms with van der Waals surface area (Å²) in [6.45, 7) is 9.63. The first-order chi connectivity index (χ1) is 12.8. The Kier molecular flexibility index (Phi) is 4.25. The summed E-state index contributed by atoms with van der Waals surface area (Å²) in [6.07, 6.45) is 6.88. The van der Waals surface area contributed by atoms with Gasteiger partial charge in [0.2, 0.25) is 5.69 Å². The Bertz CT molecular complexity index is 1020. The molecule has 126 valence electrons. The van der Waals surface area contributed by atoms with Crippen molar-refractivity contribution in [1.82, 2.24) is 4.98 Å². The van der Waals surface area contributed by atoms with E-state index in [9.17, 15) is 5.26 Å². The van der Waals surface area contributed by atoms with E-state index in [1.165, 1.54) is 42.7 Å². The van der Waals surface area contributed by atoms with Gasteiger partial charge in [0.25, 0.3) is 0 Å². The number of anilines is 1. The Labute approximate surface area is 153 Å². The Hall–Kier alpha value is -3.37. The first-order valence-corrected chi connectivity index (χ1v) is 8.85. The molecule has 4 rings (SSSR count). The van der Waals surface area contributed by atoms with Gasteiger partial charge in [-0.05, 0) is 53.8 Å². The van der Waals surface area contributed by atoms with E-state index in [1.807, 2.05) is 6.07 Å². The van der Waals surface area contributed by atoms with Crippen LogP contribution in [0.4, 0.5) is 11.4 Å². The number of hydrogen-bond acceptors (Lipinski definition) is 3. The van der Waals surface area contributed by atoms with Gasteiger partial charge < -0.3 is 4.90 Å². The lowest BCUT2D eigenvalue weighted by molar-refractivity contribution is 0.578. The number of pyridine rings is 1. The smallest absolute Gasteiger partial charge is 0.214 e. The van der Waals surface area contributed by atoms with Gasteiger partial charge >= 0.3 is 0 Å². The topological polar surface area (TPSA) is 44.3 Å². The summed E-state index contributed by atoms with van der Waals surface area (Å²) >= 11 is 0. The fourth-order valence-corrected chi connectivity index (χ4v) is 3.66. The van der Waals surface area contributed by atoms with Crippen molar-refractivity contribution in [2.75, 3.05) is 18.0 Å². The maximum atomic E-state index is 9.40. The van der Waals surface area contributed by atoms with Crippen molar-refractivity contribution in [2.24, 2.45) is 0 Å². The van der Waals surface area contributed by atoms with Gasteiger partial charge in [0.1, 0.15) is 6.07 Å². The molecular formula is C22H18N4. The molecule has 1 aliphatic heterocycles. The molecule has 1 aliphatic rings. The molecule has 0 radical (unpaired) electrons. The predicted octanol–water partition coefficient (Wildman–Crippen LogP) is 5.31. The van der Waals surface area contributed by atoms with E-state index in [4.69, 9.17) is 6.57 Å². The molecule has 2 heterocycles. The molecule has 4 nitrogen and oxygen atoms in total. The van der Waals surface area contributed by atoms with Crippen LogP contribution in [-0.4, -0.2) is 18.1 Å². The van der Waals surface area contributed by atoms with Crippen LogP contribution < -0.4 is 4.90 Å². The van der Waals surface area contributed by atoms with E-state index < -0.39 is 0 Å². The standard InChI is InChI=1S/C22H18N4/c1-24-21-15-25-14-19(13-23)22(21)18-6-5-17-12-20(8-7-16(17)11-18)26-9-3-2-4-10-26/h5-8,11-12,14-15H,2-4,9-10H2. The number of hydrogen-bond donors (Lipinski definition) is 0. The Morgan fingerprint density at radius 2 is 1.77 bits per heavy atom. The molecule has 4 heteroatoms. The van der Waals surface area contributed by atoms with Gasteiger partial charge in [-0.1, -0.05) is 18.2 Å². The second-order valence-corrected chi connectivity index (χ2v) is 6.60. The van der Waals surface area contributed by atoms with Gasteiger partial charge in [-0.3, -0.25) is 4.98 Å². The number of nitrogens with zero attached hydrogens (tertiary/aromatic N) is 4. The molecule has 1 aromatic heterocycles. The lowest BCUT2D eigenvalue weighted by Gasteiger charge is -2.29. The summed E-state index contributed by atoms with van der Waals surface area (Å²) in [5.74, 6) is 0. The highest BCUT2D eigenvalue weighted by molar-refractivity contribution is 5.93. The van der Waals surface area contributed by atoms with Gasteiger partial charge in [-0.15, -0.1) is 0 Å². The highest BCUT2D eigenvalue weighted by Gasteiger charge is 2.14. The van der Waals surface area contributed by atoms with Crippen LogP contribution >= 0.6 is 0 Å². The van der Waals surface area contributed by atoms with E-state index >= 15 is 0 Å². The monoisotopic (exact) mass is 338 g/mol. The molecule has 0 amide bonds. The zero-order valence-corrected chi connectivity index (χ0v) is 14.4. The van der Waals surface area contributed by atoms with Crippen LogP contribution in [0.1, 0.15) is 24.8 Å². The molecule has 0 unspecified atom stereocenters. The van der Waals surface area contributed by atoms with Crippen molar-refractivity contribution in [2.45, 2.75) is 19.3 Å². The predicted molar refractivity (Wildman–Crippen MR) is 104 cm³/mol. The Balaban J connectivity index is 1.78. The summed E-state index contributed by atoms with van der Waals surface area (Å²) < 4.78 is 0. The van der Waals surface area contributed by atoms with Gasteiger partial charge in [0.15, 0.2) is 0 Å². The molecule has 26 heavy (non-hydrogen) atoms. The number of aromatic nitrogens is 1. The van der Waals surface area contributed by atoms with Crippen LogP contribution in [0.5, 0.6) is 0 Å². The quantitative estimate of drug-likeness (QED) is 0.594. The molecule has 0 spiro atoms. The highest BCUT2D eigenvalue weighted by atomic mass is 15.1. The van der Waals surface area contributed by atoms with Crippen molar-refractivity contribution in [3.63, 3.8) is 0 Å². The zero-order chi connectivity index (χ0) is 17.9. The Morgan fingerprint density at radius 3 is 2.54 bits per heavy atom. The Morgan fingerprint density at radius 1 is 1.00 bits per heavy atom. The summed E-state index contributed by atoms with van der Waals surface area (Å²) in [6, 6.07) is 14.8. The third-order valence-corrected chi connectivity index (χ3v) is 5.00. The van der Waals surface area contributed by atoms with Gasteiger partial charge in [0, 0.05) is 36.7 Å². The third-order valence-electron chi connectivity index (χ3n) is 5.00. The van der Waals surface area contributed by atoms with Crippen LogP contribution in [0.2, 0.25) is 0 Å². The van der Waals surface area contributed by atoms with E-state index in [-0.39, 0.29) is 0 Å². The van der Waals surface area contributed by atoms with Crippen molar-refractivity contribution in [3.05, 3.63) is 65.8 Å². The van der Waals surface area contributed by atoms with Crippen molar-refractivity contribution in [3.8, 4) is 17.2 Å². The van der Waals surface area contributed by atoms with Gasteiger partial charge in [-0.25, -0.2) is 4.85 Å². The second kappa shape index (κ2) is 6.86. The molecule has 0 bridgehead atoms. The lowest BCUT2D eigenvalue weighted by atomic mass is 9.97. The van der Waals surface area contributed by atoms with E-state index in [0.717, 1.165) is 24.0 Å². The largest absolute Gasteiger partial charge is 0.372 e. The van der Waals surface area contributed by atoms with Gasteiger partial charge in [-0.2, -0.15) is 5.26 Å². The first kappa shape index (κ1) is 16.1. The molecule has 0 N–H and O–H groups in total. The van der Waals surface area contributed by atoms with Crippen molar-refractivity contribution < 1.29 is 0 Å². The molecule has 0 saturated carbocycles. The molecular weight excluding hydrogens is 320 g/mol. The molecule has 2 aromatic carbocycles. The fraction of sp³-hybridized carbons (Fsp3) is 0.227. The minimum atomic E-state index is 0.410. The molecule has 0 aliphatic carbocycles. The van der Waals surface area contributed by atoms with Gasteiger partial charge in [0.05, 0.1) is 12.1 Å². The van der Waals surface area contributed by atoms with E-state index in [1.54, 1.807) is 0 Å². The minimum absolute atomic E-state index is 0.410. The van der Waals surface area contributed by atoms with Crippen LogP contribution in [-0.2, 0) is 0 Å². The second-order valence-electron chi connectivity index (χ2n) is 6.60. The SMILES string of the molecule is [C-]#[N+]c1cncc(C#N)c1-c1ccc2cc(N3CCCCC3)ccc2c1. The number of piperidine rings is 1. The maximum Gasteiger partial charge on any atom is 0.214 e.